The van der Waals surface area contributed by atoms with Gasteiger partial charge < -0.3 is 37.6 Å². The fraction of sp³-hybridized carbons (Fsp3) is 0.773. The molecule has 0 spiro atoms. The van der Waals surface area contributed by atoms with Crippen molar-refractivity contribution in [3.8, 4) is 0 Å². The average molecular weight is 488 g/mol. The maximum atomic E-state index is 13.1. The van der Waals surface area contributed by atoms with Gasteiger partial charge in [-0.25, -0.2) is 4.79 Å². The smallest absolute Gasteiger partial charge is 0.326 e. The maximum Gasteiger partial charge on any atom is 0.326 e. The lowest BCUT2D eigenvalue weighted by Crippen LogP contribution is -2.59. The third-order valence-corrected chi connectivity index (χ3v) is 5.61. The Labute approximate surface area is 200 Å². The number of nitrogens with two attached hydrogens (primary N) is 2. The van der Waals surface area contributed by atoms with E-state index < -0.39 is 53.8 Å². The summed E-state index contributed by atoms with van der Waals surface area (Å²) in [6.45, 7) is 7.28. The Morgan fingerprint density at radius 1 is 0.824 bits per heavy atom. The van der Waals surface area contributed by atoms with Crippen LogP contribution >= 0.6 is 0 Å². The molecule has 5 unspecified atom stereocenters. The molecule has 0 aliphatic heterocycles. The highest BCUT2D eigenvalue weighted by molar-refractivity contribution is 5.94. The third kappa shape index (κ3) is 11.4. The highest BCUT2D eigenvalue weighted by atomic mass is 16.4. The van der Waals surface area contributed by atoms with Gasteiger partial charge in [0.15, 0.2) is 0 Å². The van der Waals surface area contributed by atoms with Gasteiger partial charge in [-0.2, -0.15) is 0 Å². The summed E-state index contributed by atoms with van der Waals surface area (Å²) in [6, 6.07) is -4.28. The Kier molecular flexibility index (Phi) is 14.7. The first kappa shape index (κ1) is 31.3. The number of aliphatic carboxylic acids is 2. The molecule has 0 rings (SSSR count). The highest BCUT2D eigenvalue weighted by Crippen LogP contribution is 2.11. The normalized spacial score (nSPS) is 15.5. The summed E-state index contributed by atoms with van der Waals surface area (Å²) in [5.41, 5.74) is 11.3. The van der Waals surface area contributed by atoms with Gasteiger partial charge >= 0.3 is 11.9 Å². The van der Waals surface area contributed by atoms with Crippen LogP contribution in [0.4, 0.5) is 0 Å². The van der Waals surface area contributed by atoms with Crippen LogP contribution in [0.15, 0.2) is 0 Å². The van der Waals surface area contributed by atoms with Crippen LogP contribution in [0, 0.1) is 11.8 Å². The summed E-state index contributed by atoms with van der Waals surface area (Å²) >= 11 is 0. The predicted molar refractivity (Wildman–Crippen MR) is 125 cm³/mol. The first-order valence-corrected chi connectivity index (χ1v) is 11.7. The number of carbonyl (C=O) groups excluding carboxylic acids is 3. The van der Waals surface area contributed by atoms with Crippen LogP contribution in [-0.2, 0) is 24.0 Å². The molecule has 0 aliphatic carbocycles. The van der Waals surface area contributed by atoms with Gasteiger partial charge in [-0.1, -0.05) is 34.1 Å². The van der Waals surface area contributed by atoms with Crippen molar-refractivity contribution in [3.05, 3.63) is 0 Å². The molecule has 9 N–H and O–H groups in total. The summed E-state index contributed by atoms with van der Waals surface area (Å²) in [4.78, 5) is 60.6. The zero-order valence-electron chi connectivity index (χ0n) is 20.5. The summed E-state index contributed by atoms with van der Waals surface area (Å²) < 4.78 is 0. The molecule has 0 saturated carbocycles. The standard InChI is InChI=1S/C22H41N5O7/c1-5-13(4)18(27-19(30)14(24)9-10-16(28)29)21(32)25-15(8-6-7-11-23)20(31)26-17(12(2)3)22(33)34/h12-15,17-18H,5-11,23-24H2,1-4H3,(H,25,32)(H,26,31)(H,27,30)(H,28,29)(H,33,34). The van der Waals surface area contributed by atoms with Crippen molar-refractivity contribution in [2.24, 2.45) is 23.3 Å². The van der Waals surface area contributed by atoms with E-state index in [4.69, 9.17) is 16.6 Å². The fourth-order valence-electron chi connectivity index (χ4n) is 3.16. The third-order valence-electron chi connectivity index (χ3n) is 5.61. The first-order valence-electron chi connectivity index (χ1n) is 11.7. The van der Waals surface area contributed by atoms with Crippen LogP contribution in [0.5, 0.6) is 0 Å². The Balaban J connectivity index is 5.53. The van der Waals surface area contributed by atoms with Crippen LogP contribution in [0.3, 0.4) is 0 Å². The molecule has 12 nitrogen and oxygen atoms in total. The van der Waals surface area contributed by atoms with E-state index in [1.54, 1.807) is 20.8 Å². The van der Waals surface area contributed by atoms with E-state index in [9.17, 15) is 29.1 Å². The highest BCUT2D eigenvalue weighted by Gasteiger charge is 2.33. The molecule has 0 bridgehead atoms. The second kappa shape index (κ2) is 16.0. The Bertz CT molecular complexity index is 701. The largest absolute Gasteiger partial charge is 0.481 e. The molecule has 12 heteroatoms. The van der Waals surface area contributed by atoms with Crippen molar-refractivity contribution in [1.82, 2.24) is 16.0 Å². The summed E-state index contributed by atoms with van der Waals surface area (Å²) in [7, 11) is 0. The van der Waals surface area contributed by atoms with E-state index in [0.29, 0.717) is 25.8 Å². The van der Waals surface area contributed by atoms with Crippen molar-refractivity contribution < 1.29 is 34.2 Å². The minimum atomic E-state index is -1.18. The molecule has 5 atom stereocenters. The van der Waals surface area contributed by atoms with Gasteiger partial charge in [0, 0.05) is 6.42 Å². The van der Waals surface area contributed by atoms with E-state index in [1.165, 1.54) is 0 Å². The van der Waals surface area contributed by atoms with E-state index in [2.05, 4.69) is 16.0 Å². The molecule has 3 amide bonds. The number of hydrogen-bond acceptors (Lipinski definition) is 7. The molecule has 0 radical (unpaired) electrons. The van der Waals surface area contributed by atoms with E-state index >= 15 is 0 Å². The lowest BCUT2D eigenvalue weighted by Gasteiger charge is -2.28. The Hall–Kier alpha value is -2.73. The molecule has 0 aromatic rings. The lowest BCUT2D eigenvalue weighted by molar-refractivity contribution is -0.143. The number of nitrogens with one attached hydrogen (secondary N) is 3. The average Bonchev–Trinajstić information content (AvgIpc) is 2.77. The second-order valence-electron chi connectivity index (χ2n) is 8.82. The van der Waals surface area contributed by atoms with Crippen LogP contribution in [0.2, 0.25) is 0 Å². The molecule has 0 aromatic carbocycles. The lowest BCUT2D eigenvalue weighted by atomic mass is 9.96. The van der Waals surface area contributed by atoms with Crippen LogP contribution in [-0.4, -0.2) is 70.6 Å². The minimum Gasteiger partial charge on any atom is -0.481 e. The number of rotatable bonds is 17. The van der Waals surface area contributed by atoms with Crippen molar-refractivity contribution in [2.75, 3.05) is 6.54 Å². The number of amides is 3. The molecule has 0 fully saturated rings. The maximum absolute atomic E-state index is 13.1. The molecule has 0 aromatic heterocycles. The van der Waals surface area contributed by atoms with E-state index in [1.807, 2.05) is 6.92 Å². The summed E-state index contributed by atoms with van der Waals surface area (Å²) in [6.07, 6.45) is 1.51. The zero-order chi connectivity index (χ0) is 26.4. The summed E-state index contributed by atoms with van der Waals surface area (Å²) in [5.74, 6) is -4.89. The molecule has 196 valence electrons. The van der Waals surface area contributed by atoms with Crippen molar-refractivity contribution in [1.29, 1.82) is 0 Å². The van der Waals surface area contributed by atoms with Gasteiger partial charge in [0.1, 0.15) is 18.1 Å². The topological polar surface area (TPSA) is 214 Å². The molecule has 0 saturated heterocycles. The predicted octanol–water partition coefficient (Wildman–Crippen LogP) is -0.451. The molecular formula is C22H41N5O7. The number of carboxylic acid groups (broad SMARTS) is 2. The van der Waals surface area contributed by atoms with Gasteiger partial charge in [0.2, 0.25) is 17.7 Å². The zero-order valence-corrected chi connectivity index (χ0v) is 20.5. The second-order valence-corrected chi connectivity index (χ2v) is 8.82. The van der Waals surface area contributed by atoms with Gasteiger partial charge in [0.25, 0.3) is 0 Å². The van der Waals surface area contributed by atoms with E-state index in [-0.39, 0.29) is 31.1 Å². The Morgan fingerprint density at radius 3 is 1.88 bits per heavy atom. The number of carboxylic acids is 2. The quantitative estimate of drug-likeness (QED) is 0.132. The minimum absolute atomic E-state index is 0.0914. The molecular weight excluding hydrogens is 446 g/mol. The van der Waals surface area contributed by atoms with Gasteiger partial charge in [-0.05, 0) is 44.1 Å². The number of hydrogen-bond donors (Lipinski definition) is 7. The molecule has 0 aliphatic rings. The van der Waals surface area contributed by atoms with E-state index in [0.717, 1.165) is 0 Å². The van der Waals surface area contributed by atoms with Crippen LogP contribution < -0.4 is 27.4 Å². The SMILES string of the molecule is CCC(C)C(NC(=O)C(N)CCC(=O)O)C(=O)NC(CCCCN)C(=O)NC(C(=O)O)C(C)C. The van der Waals surface area contributed by atoms with Crippen molar-refractivity contribution >= 4 is 29.7 Å². The fourth-order valence-corrected chi connectivity index (χ4v) is 3.16. The van der Waals surface area contributed by atoms with Crippen molar-refractivity contribution in [3.63, 3.8) is 0 Å². The van der Waals surface area contributed by atoms with Crippen LogP contribution in [0.1, 0.15) is 66.2 Å². The van der Waals surface area contributed by atoms with Gasteiger partial charge in [-0.3, -0.25) is 19.2 Å². The number of unbranched alkanes of at least 4 members (excludes halogenated alkanes) is 1. The summed E-state index contributed by atoms with van der Waals surface area (Å²) in [5, 5.41) is 25.8. The first-order chi connectivity index (χ1) is 15.8. The van der Waals surface area contributed by atoms with Gasteiger partial charge in [-0.15, -0.1) is 0 Å². The van der Waals surface area contributed by atoms with Crippen LogP contribution in [0.25, 0.3) is 0 Å². The molecule has 34 heavy (non-hydrogen) atoms. The Morgan fingerprint density at radius 2 is 1.41 bits per heavy atom. The molecule has 0 heterocycles. The monoisotopic (exact) mass is 487 g/mol. The number of carbonyl (C=O) groups is 5. The van der Waals surface area contributed by atoms with Crippen molar-refractivity contribution in [2.45, 2.75) is 90.4 Å². The van der Waals surface area contributed by atoms with Gasteiger partial charge in [0.05, 0.1) is 6.04 Å².